The average Bonchev–Trinajstić information content (AvgIpc) is 3.45. The number of amides is 1. The lowest BCUT2D eigenvalue weighted by Crippen LogP contribution is -2.32. The van der Waals surface area contributed by atoms with Gasteiger partial charge in [0.2, 0.25) is 5.91 Å². The summed E-state index contributed by atoms with van der Waals surface area (Å²) in [6.45, 7) is 3.92. The number of hydrogen-bond donors (Lipinski definition) is 3. The molecule has 1 aliphatic carbocycles. The quantitative estimate of drug-likeness (QED) is 0.345. The molecule has 0 bridgehead atoms. The van der Waals surface area contributed by atoms with Crippen LogP contribution in [-0.2, 0) is 17.6 Å². The summed E-state index contributed by atoms with van der Waals surface area (Å²) in [5.41, 5.74) is 4.11. The fourth-order valence-electron chi connectivity index (χ4n) is 5.17. The Hall–Kier alpha value is -3.24. The molecule has 3 heterocycles. The van der Waals surface area contributed by atoms with E-state index >= 15 is 0 Å². The van der Waals surface area contributed by atoms with E-state index in [1.54, 1.807) is 22.6 Å². The summed E-state index contributed by atoms with van der Waals surface area (Å²) in [6.07, 6.45) is 6.09. The number of carbonyl (C=O) groups excluding carboxylic acids is 1. The van der Waals surface area contributed by atoms with Gasteiger partial charge >= 0.3 is 0 Å². The second-order valence-corrected chi connectivity index (χ2v) is 11.2. The van der Waals surface area contributed by atoms with Gasteiger partial charge in [0.05, 0.1) is 34.6 Å². The van der Waals surface area contributed by atoms with Gasteiger partial charge in [0.1, 0.15) is 17.0 Å². The summed E-state index contributed by atoms with van der Waals surface area (Å²) >= 11 is 1.67. The van der Waals surface area contributed by atoms with Crippen molar-refractivity contribution in [3.05, 3.63) is 35.1 Å². The number of aliphatic hydroxyl groups is 1. The number of aliphatic hydroxyl groups excluding tert-OH is 1. The molecule has 0 spiro atoms. The average molecular weight is 508 g/mol. The van der Waals surface area contributed by atoms with E-state index in [4.69, 9.17) is 0 Å². The van der Waals surface area contributed by atoms with Gasteiger partial charge < -0.3 is 20.2 Å². The maximum Gasteiger partial charge on any atom is 0.225 e. The van der Waals surface area contributed by atoms with E-state index < -0.39 is 6.10 Å². The molecule has 1 aromatic carbocycles. The number of benzene rings is 1. The molecule has 0 saturated carbocycles. The summed E-state index contributed by atoms with van der Waals surface area (Å²) in [4.78, 5) is 27.9. The zero-order valence-electron chi connectivity index (χ0n) is 21.4. The fourth-order valence-corrected chi connectivity index (χ4v) is 6.44. The lowest BCUT2D eigenvalue weighted by molar-refractivity contribution is -0.133. The zero-order chi connectivity index (χ0) is 25.6. The van der Waals surface area contributed by atoms with Crippen LogP contribution in [0.3, 0.4) is 0 Å². The van der Waals surface area contributed by atoms with Gasteiger partial charge in [0.15, 0.2) is 0 Å². The number of rotatable bonds is 7. The molecule has 3 aromatic heterocycles. The second kappa shape index (κ2) is 9.67. The van der Waals surface area contributed by atoms with Crippen molar-refractivity contribution >= 4 is 55.6 Å². The minimum absolute atomic E-state index is 0.0177. The van der Waals surface area contributed by atoms with Crippen LogP contribution in [0.25, 0.3) is 21.1 Å². The topological polar surface area (TPSA) is 110 Å². The fraction of sp³-hybridized carbons (Fsp3) is 0.462. The predicted molar refractivity (Wildman–Crippen MR) is 145 cm³/mol. The normalized spacial score (nSPS) is 17.1. The minimum Gasteiger partial charge on any atom is -0.393 e. The van der Waals surface area contributed by atoms with Crippen LogP contribution in [0.2, 0.25) is 0 Å². The first-order chi connectivity index (χ1) is 17.2. The third-order valence-corrected chi connectivity index (χ3v) is 8.33. The highest BCUT2D eigenvalue weighted by Crippen LogP contribution is 2.42. The number of H-pyrrole nitrogens is 1. The molecule has 0 aliphatic heterocycles. The van der Waals surface area contributed by atoms with E-state index in [9.17, 15) is 9.90 Å². The number of nitrogens with zero attached hydrogens (tertiary/aromatic N) is 5. The highest BCUT2D eigenvalue weighted by molar-refractivity contribution is 7.19. The van der Waals surface area contributed by atoms with Crippen molar-refractivity contribution in [2.24, 2.45) is 5.92 Å². The lowest BCUT2D eigenvalue weighted by atomic mass is 9.87. The van der Waals surface area contributed by atoms with Crippen molar-refractivity contribution in [3.63, 3.8) is 0 Å². The number of aryl methyl sites for hydroxylation is 1. The summed E-state index contributed by atoms with van der Waals surface area (Å²) in [5.74, 6) is 0.981. The lowest BCUT2D eigenvalue weighted by Gasteiger charge is -2.30. The molecule has 190 valence electrons. The summed E-state index contributed by atoms with van der Waals surface area (Å²) < 4.78 is 0. The SMILES string of the molecule is CC(O)CC(C)N(C)c1cc2[nH]ncc2cc1Nc1ncnc2sc3c(c12)CC[C@H](C(=O)N(C)C)C3. The van der Waals surface area contributed by atoms with Gasteiger partial charge in [-0.2, -0.15) is 5.10 Å². The summed E-state index contributed by atoms with van der Waals surface area (Å²) in [5, 5.41) is 22.9. The predicted octanol–water partition coefficient (Wildman–Crippen LogP) is 4.10. The number of aromatic amines is 1. The maximum atomic E-state index is 12.6. The van der Waals surface area contributed by atoms with E-state index in [0.717, 1.165) is 57.6 Å². The zero-order valence-corrected chi connectivity index (χ0v) is 22.2. The Labute approximate surface area is 214 Å². The van der Waals surface area contributed by atoms with Crippen molar-refractivity contribution in [1.29, 1.82) is 0 Å². The van der Waals surface area contributed by atoms with Gasteiger partial charge in [-0.1, -0.05) is 0 Å². The molecule has 5 rings (SSSR count). The summed E-state index contributed by atoms with van der Waals surface area (Å²) in [7, 11) is 5.69. The van der Waals surface area contributed by atoms with Gasteiger partial charge in [-0.25, -0.2) is 9.97 Å². The van der Waals surface area contributed by atoms with Crippen LogP contribution in [0, 0.1) is 5.92 Å². The van der Waals surface area contributed by atoms with Gasteiger partial charge in [0.25, 0.3) is 0 Å². The molecule has 0 saturated heterocycles. The van der Waals surface area contributed by atoms with Crippen LogP contribution in [0.5, 0.6) is 0 Å². The number of nitrogens with one attached hydrogen (secondary N) is 2. The van der Waals surface area contributed by atoms with Gasteiger partial charge in [-0.05, 0) is 57.2 Å². The largest absolute Gasteiger partial charge is 0.393 e. The van der Waals surface area contributed by atoms with Gasteiger partial charge in [-0.15, -0.1) is 11.3 Å². The third-order valence-electron chi connectivity index (χ3n) is 7.17. The van der Waals surface area contributed by atoms with Crippen LogP contribution in [0.4, 0.5) is 17.2 Å². The number of aromatic nitrogens is 4. The Bertz CT molecular complexity index is 1410. The molecule has 0 radical (unpaired) electrons. The number of thiophene rings is 1. The van der Waals surface area contributed by atoms with Gasteiger partial charge in [-0.3, -0.25) is 9.89 Å². The molecular weight excluding hydrogens is 474 g/mol. The van der Waals surface area contributed by atoms with Crippen LogP contribution in [0.15, 0.2) is 24.7 Å². The molecule has 2 unspecified atom stereocenters. The van der Waals surface area contributed by atoms with E-state index in [0.29, 0.717) is 6.42 Å². The Kier molecular flexibility index (Phi) is 6.57. The molecule has 9 nitrogen and oxygen atoms in total. The minimum atomic E-state index is -0.392. The molecular formula is C26H33N7O2S. The van der Waals surface area contributed by atoms with Gasteiger partial charge in [0, 0.05) is 43.4 Å². The van der Waals surface area contributed by atoms with E-state index in [2.05, 4.69) is 49.4 Å². The van der Waals surface area contributed by atoms with Crippen molar-refractivity contribution in [2.75, 3.05) is 31.4 Å². The monoisotopic (exact) mass is 507 g/mol. The molecule has 3 atom stereocenters. The van der Waals surface area contributed by atoms with E-state index in [-0.39, 0.29) is 17.9 Å². The summed E-state index contributed by atoms with van der Waals surface area (Å²) in [6, 6.07) is 4.29. The second-order valence-electron chi connectivity index (χ2n) is 10.1. The van der Waals surface area contributed by atoms with Crippen LogP contribution >= 0.6 is 11.3 Å². The molecule has 36 heavy (non-hydrogen) atoms. The standard InChI is InChI=1S/C26H33N7O2S/c1-14(8-15(2)34)33(5)21-11-19-17(12-29-31-19)9-20(21)30-24-23-18-7-6-16(26(35)32(3)4)10-22(18)36-25(23)28-13-27-24/h9,11-16,34H,6-8,10H2,1-5H3,(H,29,31)(H,27,28,30)/t14?,15?,16-/m0/s1. The number of carbonyl (C=O) groups is 1. The Balaban J connectivity index is 1.54. The smallest absolute Gasteiger partial charge is 0.225 e. The molecule has 1 aliphatic rings. The van der Waals surface area contributed by atoms with Crippen molar-refractivity contribution < 1.29 is 9.90 Å². The van der Waals surface area contributed by atoms with Crippen molar-refractivity contribution in [3.8, 4) is 0 Å². The maximum absolute atomic E-state index is 12.6. The molecule has 10 heteroatoms. The number of hydrogen-bond acceptors (Lipinski definition) is 8. The Morgan fingerprint density at radius 3 is 2.83 bits per heavy atom. The van der Waals surface area contributed by atoms with Crippen LogP contribution in [0.1, 0.15) is 37.1 Å². The van der Waals surface area contributed by atoms with Crippen LogP contribution in [-0.4, -0.2) is 69.4 Å². The van der Waals surface area contributed by atoms with E-state index in [1.807, 2.05) is 34.3 Å². The number of fused-ring (bicyclic) bond motifs is 4. The van der Waals surface area contributed by atoms with Crippen molar-refractivity contribution in [1.82, 2.24) is 25.1 Å². The van der Waals surface area contributed by atoms with E-state index in [1.165, 1.54) is 10.4 Å². The highest BCUT2D eigenvalue weighted by Gasteiger charge is 2.30. The number of anilines is 3. The third kappa shape index (κ3) is 4.51. The first kappa shape index (κ1) is 24.5. The molecule has 0 fully saturated rings. The van der Waals surface area contributed by atoms with Crippen LogP contribution < -0.4 is 10.2 Å². The Morgan fingerprint density at radius 2 is 2.08 bits per heavy atom. The highest BCUT2D eigenvalue weighted by atomic mass is 32.1. The molecule has 1 amide bonds. The molecule has 4 aromatic rings. The molecule has 3 N–H and O–H groups in total. The first-order valence-electron chi connectivity index (χ1n) is 12.3. The van der Waals surface area contributed by atoms with Crippen molar-refractivity contribution in [2.45, 2.75) is 51.7 Å². The first-order valence-corrected chi connectivity index (χ1v) is 13.2. The Morgan fingerprint density at radius 1 is 1.28 bits per heavy atom.